The number of nitrogens with zero attached hydrogens (tertiary/aromatic N) is 1. The van der Waals surface area contributed by atoms with Gasteiger partial charge in [-0.3, -0.25) is 4.90 Å². The average Bonchev–Trinajstić information content (AvgIpc) is 2.70. The standard InChI is InChI=1S/C13H15NO3.Na/c1-17-13(16)11-8-14(9-12(11)15)7-10-5-3-2-4-6-10;/h2-6,15H,7-9H2,1H3;. The number of rotatable bonds is 3. The summed E-state index contributed by atoms with van der Waals surface area (Å²) < 4.78 is 4.62. The van der Waals surface area contributed by atoms with E-state index in [2.05, 4.69) is 4.74 Å². The van der Waals surface area contributed by atoms with E-state index >= 15 is 0 Å². The summed E-state index contributed by atoms with van der Waals surface area (Å²) in [5.74, 6) is -0.328. The van der Waals surface area contributed by atoms with Crippen molar-refractivity contribution in [3.63, 3.8) is 0 Å². The molecular weight excluding hydrogens is 241 g/mol. The van der Waals surface area contributed by atoms with Crippen LogP contribution in [0.15, 0.2) is 41.7 Å². The molecule has 1 aliphatic heterocycles. The Labute approximate surface area is 129 Å². The second-order valence-corrected chi connectivity index (χ2v) is 4.05. The molecule has 2 rings (SSSR count). The quantitative estimate of drug-likeness (QED) is 0.650. The molecule has 0 amide bonds. The summed E-state index contributed by atoms with van der Waals surface area (Å²) in [6.07, 6.45) is 0. The first-order valence-corrected chi connectivity index (χ1v) is 5.46. The van der Waals surface area contributed by atoms with E-state index < -0.39 is 5.97 Å². The van der Waals surface area contributed by atoms with Gasteiger partial charge in [-0.25, -0.2) is 4.79 Å². The van der Waals surface area contributed by atoms with E-state index in [0.29, 0.717) is 25.2 Å². The second kappa shape index (κ2) is 6.95. The minimum Gasteiger partial charge on any atom is -0.510 e. The number of ether oxygens (including phenoxy) is 1. The number of aliphatic hydroxyl groups is 1. The van der Waals surface area contributed by atoms with Crippen molar-refractivity contribution < 1.29 is 14.6 Å². The number of carbonyl (C=O) groups is 1. The van der Waals surface area contributed by atoms with Crippen molar-refractivity contribution in [3.8, 4) is 0 Å². The largest absolute Gasteiger partial charge is 0.510 e. The maximum atomic E-state index is 11.4. The van der Waals surface area contributed by atoms with Gasteiger partial charge >= 0.3 is 5.97 Å². The van der Waals surface area contributed by atoms with E-state index in [1.54, 1.807) is 0 Å². The fraction of sp³-hybridized carbons (Fsp3) is 0.308. The fourth-order valence-electron chi connectivity index (χ4n) is 1.94. The number of hydrogen-bond acceptors (Lipinski definition) is 4. The molecule has 4 nitrogen and oxygen atoms in total. The van der Waals surface area contributed by atoms with Crippen LogP contribution < -0.4 is 0 Å². The third kappa shape index (κ3) is 3.59. The van der Waals surface area contributed by atoms with Crippen LogP contribution >= 0.6 is 0 Å². The Bertz CT molecular complexity index is 445. The first kappa shape index (κ1) is 15.2. The van der Waals surface area contributed by atoms with Gasteiger partial charge in [-0.1, -0.05) is 30.3 Å². The number of hydrogen-bond donors (Lipinski definition) is 1. The molecule has 0 aromatic heterocycles. The predicted octanol–water partition coefficient (Wildman–Crippen LogP) is 1.11. The maximum absolute atomic E-state index is 11.4. The third-order valence-corrected chi connectivity index (χ3v) is 2.78. The van der Waals surface area contributed by atoms with Crippen molar-refractivity contribution in [1.29, 1.82) is 0 Å². The minimum absolute atomic E-state index is 0. The van der Waals surface area contributed by atoms with Crippen LogP contribution in [0.4, 0.5) is 0 Å². The molecule has 1 radical (unpaired) electrons. The molecule has 0 bridgehead atoms. The summed E-state index contributed by atoms with van der Waals surface area (Å²) in [5.41, 5.74) is 1.52. The van der Waals surface area contributed by atoms with Crippen molar-refractivity contribution in [2.45, 2.75) is 6.54 Å². The number of esters is 1. The molecule has 0 spiro atoms. The van der Waals surface area contributed by atoms with Gasteiger partial charge < -0.3 is 9.84 Å². The zero-order valence-corrected chi connectivity index (χ0v) is 12.7. The van der Waals surface area contributed by atoms with Crippen molar-refractivity contribution in [2.24, 2.45) is 0 Å². The predicted molar refractivity (Wildman–Crippen MR) is 69.1 cm³/mol. The molecule has 1 N–H and O–H groups in total. The summed E-state index contributed by atoms with van der Waals surface area (Å²) >= 11 is 0. The molecule has 0 atom stereocenters. The fourth-order valence-corrected chi connectivity index (χ4v) is 1.94. The van der Waals surface area contributed by atoms with Crippen LogP contribution in [0.25, 0.3) is 0 Å². The Hall–Kier alpha value is -0.810. The van der Waals surface area contributed by atoms with E-state index in [0.717, 1.165) is 5.56 Å². The van der Waals surface area contributed by atoms with Gasteiger partial charge in [0.05, 0.1) is 19.2 Å². The van der Waals surface area contributed by atoms with E-state index in [9.17, 15) is 9.90 Å². The second-order valence-electron chi connectivity index (χ2n) is 4.05. The van der Waals surface area contributed by atoms with Crippen LogP contribution in [-0.2, 0) is 16.1 Å². The average molecular weight is 256 g/mol. The Morgan fingerprint density at radius 1 is 1.33 bits per heavy atom. The van der Waals surface area contributed by atoms with Crippen molar-refractivity contribution >= 4 is 35.5 Å². The minimum atomic E-state index is -0.446. The molecule has 0 aliphatic carbocycles. The molecular formula is C13H15NNaO3. The zero-order chi connectivity index (χ0) is 12.3. The van der Waals surface area contributed by atoms with Gasteiger partial charge in [-0.2, -0.15) is 0 Å². The smallest absolute Gasteiger partial charge is 0.338 e. The van der Waals surface area contributed by atoms with Gasteiger partial charge in [0.2, 0.25) is 0 Å². The van der Waals surface area contributed by atoms with Gasteiger partial charge in [-0.15, -0.1) is 0 Å². The van der Waals surface area contributed by atoms with Gasteiger partial charge in [0, 0.05) is 42.6 Å². The van der Waals surface area contributed by atoms with Crippen molar-refractivity contribution in [1.82, 2.24) is 4.90 Å². The molecule has 1 aromatic carbocycles. The number of carbonyl (C=O) groups excluding carboxylic acids is 1. The summed E-state index contributed by atoms with van der Waals surface area (Å²) in [6.45, 7) is 1.55. The monoisotopic (exact) mass is 256 g/mol. The van der Waals surface area contributed by atoms with Gasteiger partial charge in [0.1, 0.15) is 5.76 Å². The molecule has 1 heterocycles. The number of benzene rings is 1. The summed E-state index contributed by atoms with van der Waals surface area (Å²) in [4.78, 5) is 13.4. The van der Waals surface area contributed by atoms with E-state index in [1.807, 2.05) is 35.2 Å². The van der Waals surface area contributed by atoms with Crippen LogP contribution in [0, 0.1) is 0 Å². The molecule has 18 heavy (non-hydrogen) atoms. The molecule has 5 heteroatoms. The molecule has 1 aliphatic rings. The molecule has 1 aromatic rings. The van der Waals surface area contributed by atoms with E-state index in [4.69, 9.17) is 0 Å². The molecule has 0 unspecified atom stereocenters. The van der Waals surface area contributed by atoms with Crippen LogP contribution in [0.1, 0.15) is 5.56 Å². The Morgan fingerprint density at radius 2 is 2.00 bits per heavy atom. The van der Waals surface area contributed by atoms with Gasteiger partial charge in [0.15, 0.2) is 0 Å². The molecule has 0 saturated heterocycles. The number of aliphatic hydroxyl groups excluding tert-OH is 1. The maximum Gasteiger partial charge on any atom is 0.338 e. The SMILES string of the molecule is COC(=O)C1=C(O)CN(Cc2ccccc2)C1.[Na]. The first-order valence-electron chi connectivity index (χ1n) is 5.46. The Kier molecular flexibility index (Phi) is 5.88. The normalized spacial score (nSPS) is 15.4. The van der Waals surface area contributed by atoms with Crippen molar-refractivity contribution in [2.75, 3.05) is 20.2 Å². The summed E-state index contributed by atoms with van der Waals surface area (Å²) in [6, 6.07) is 9.95. The number of methoxy groups -OCH3 is 1. The zero-order valence-electron chi connectivity index (χ0n) is 10.7. The molecule has 0 fully saturated rings. The van der Waals surface area contributed by atoms with E-state index in [1.165, 1.54) is 7.11 Å². The van der Waals surface area contributed by atoms with Crippen molar-refractivity contribution in [3.05, 3.63) is 47.2 Å². The third-order valence-electron chi connectivity index (χ3n) is 2.78. The molecule has 91 valence electrons. The van der Waals surface area contributed by atoms with E-state index in [-0.39, 0.29) is 35.3 Å². The topological polar surface area (TPSA) is 49.8 Å². The van der Waals surface area contributed by atoms with Crippen LogP contribution in [0.2, 0.25) is 0 Å². The van der Waals surface area contributed by atoms with Crippen LogP contribution in [-0.4, -0.2) is 65.7 Å². The van der Waals surface area contributed by atoms with Gasteiger partial charge in [0.25, 0.3) is 0 Å². The Morgan fingerprint density at radius 3 is 2.61 bits per heavy atom. The first-order chi connectivity index (χ1) is 8.20. The summed E-state index contributed by atoms with van der Waals surface area (Å²) in [5, 5.41) is 9.68. The van der Waals surface area contributed by atoms with Crippen LogP contribution in [0.3, 0.4) is 0 Å². The molecule has 0 saturated carbocycles. The summed E-state index contributed by atoms with van der Waals surface area (Å²) in [7, 11) is 1.32. The van der Waals surface area contributed by atoms with Gasteiger partial charge in [-0.05, 0) is 5.56 Å². The Balaban J connectivity index is 0.00000162. The van der Waals surface area contributed by atoms with Crippen LogP contribution in [0.5, 0.6) is 0 Å².